The summed E-state index contributed by atoms with van der Waals surface area (Å²) in [5.41, 5.74) is 0.880. The molecule has 3 aromatic heterocycles. The highest BCUT2D eigenvalue weighted by atomic mass is 19.4. The Morgan fingerprint density at radius 3 is 2.69 bits per heavy atom. The molecule has 0 saturated carbocycles. The lowest BCUT2D eigenvalue weighted by molar-refractivity contribution is -0.142. The molecule has 1 saturated heterocycles. The van der Waals surface area contributed by atoms with E-state index in [-0.39, 0.29) is 17.2 Å². The molecular weight excluding hydrogens is 385 g/mol. The molecule has 4 heterocycles. The molecule has 10 heteroatoms. The van der Waals surface area contributed by atoms with E-state index in [0.717, 1.165) is 17.0 Å². The average Bonchev–Trinajstić information content (AvgIpc) is 3.32. The molecule has 0 N–H and O–H groups in total. The van der Waals surface area contributed by atoms with Crippen LogP contribution in [0.25, 0.3) is 5.65 Å². The van der Waals surface area contributed by atoms with Crippen molar-refractivity contribution in [3.8, 4) is 0 Å². The zero-order valence-electron chi connectivity index (χ0n) is 15.9. The van der Waals surface area contributed by atoms with Crippen LogP contribution in [0.5, 0.6) is 0 Å². The van der Waals surface area contributed by atoms with Crippen molar-refractivity contribution in [1.29, 1.82) is 0 Å². The van der Waals surface area contributed by atoms with E-state index in [9.17, 15) is 18.0 Å². The van der Waals surface area contributed by atoms with Crippen molar-refractivity contribution < 1.29 is 18.0 Å². The number of amides is 1. The second-order valence-corrected chi connectivity index (χ2v) is 7.02. The number of aryl methyl sites for hydroxylation is 2. The van der Waals surface area contributed by atoms with Crippen molar-refractivity contribution in [2.75, 3.05) is 6.54 Å². The Morgan fingerprint density at radius 2 is 2.03 bits per heavy atom. The van der Waals surface area contributed by atoms with E-state index >= 15 is 0 Å². The summed E-state index contributed by atoms with van der Waals surface area (Å²) in [5.74, 6) is -0.310. The van der Waals surface area contributed by atoms with Crippen LogP contribution in [0, 0.1) is 6.92 Å². The lowest BCUT2D eigenvalue weighted by Gasteiger charge is -2.22. The summed E-state index contributed by atoms with van der Waals surface area (Å²) in [5, 5.41) is 4.18. The van der Waals surface area contributed by atoms with Crippen LogP contribution in [0.3, 0.4) is 0 Å². The number of hydrogen-bond acceptors (Lipinski definition) is 5. The van der Waals surface area contributed by atoms with Gasteiger partial charge in [-0.2, -0.15) is 18.3 Å². The fraction of sp³-hybridized carbons (Fsp3) is 0.421. The number of alkyl halides is 3. The van der Waals surface area contributed by atoms with Gasteiger partial charge < -0.3 is 4.90 Å². The van der Waals surface area contributed by atoms with Gasteiger partial charge in [0.25, 0.3) is 5.91 Å². The van der Waals surface area contributed by atoms with Crippen molar-refractivity contribution in [3.05, 3.63) is 53.0 Å². The predicted octanol–water partition coefficient (Wildman–Crippen LogP) is 3.39. The maximum atomic E-state index is 13.5. The van der Waals surface area contributed by atoms with Crippen LogP contribution in [0.4, 0.5) is 13.2 Å². The third kappa shape index (κ3) is 3.54. The molecule has 1 aliphatic rings. The van der Waals surface area contributed by atoms with Crippen LogP contribution < -0.4 is 0 Å². The number of fused-ring (bicyclic) bond motifs is 1. The monoisotopic (exact) mass is 404 g/mol. The normalized spacial score (nSPS) is 17.3. The Kier molecular flexibility index (Phi) is 4.71. The maximum absolute atomic E-state index is 13.5. The van der Waals surface area contributed by atoms with Crippen LogP contribution in [0.15, 0.2) is 24.5 Å². The molecule has 7 nitrogen and oxygen atoms in total. The number of hydrogen-bond donors (Lipinski definition) is 0. The van der Waals surface area contributed by atoms with Gasteiger partial charge in [0.15, 0.2) is 5.65 Å². The topological polar surface area (TPSA) is 76.3 Å². The first kappa shape index (κ1) is 19.3. The first-order valence-corrected chi connectivity index (χ1v) is 9.34. The summed E-state index contributed by atoms with van der Waals surface area (Å²) < 4.78 is 41.4. The zero-order valence-corrected chi connectivity index (χ0v) is 15.9. The van der Waals surface area contributed by atoms with Gasteiger partial charge in [0.2, 0.25) is 0 Å². The van der Waals surface area contributed by atoms with E-state index in [1.807, 2.05) is 0 Å². The second-order valence-electron chi connectivity index (χ2n) is 7.02. The third-order valence-electron chi connectivity index (χ3n) is 5.01. The largest absolute Gasteiger partial charge is 0.433 e. The van der Waals surface area contributed by atoms with E-state index in [1.54, 1.807) is 18.7 Å². The average molecular weight is 404 g/mol. The van der Waals surface area contributed by atoms with E-state index in [1.165, 1.54) is 18.5 Å². The molecule has 0 unspecified atom stereocenters. The number of likely N-dealkylation sites (tertiary alicyclic amines) is 1. The summed E-state index contributed by atoms with van der Waals surface area (Å²) >= 11 is 0. The van der Waals surface area contributed by atoms with Gasteiger partial charge in [-0.3, -0.25) is 9.78 Å². The van der Waals surface area contributed by atoms with Gasteiger partial charge in [-0.15, -0.1) is 0 Å². The number of aromatic nitrogens is 5. The molecule has 1 aliphatic heterocycles. The molecule has 3 aromatic rings. The van der Waals surface area contributed by atoms with Crippen LogP contribution in [0.2, 0.25) is 0 Å². The zero-order chi connectivity index (χ0) is 20.8. The van der Waals surface area contributed by atoms with Gasteiger partial charge in [0.05, 0.1) is 23.6 Å². The van der Waals surface area contributed by atoms with E-state index in [0.29, 0.717) is 36.5 Å². The Morgan fingerprint density at radius 1 is 1.24 bits per heavy atom. The van der Waals surface area contributed by atoms with Crippen molar-refractivity contribution in [2.45, 2.75) is 45.3 Å². The van der Waals surface area contributed by atoms with Crippen molar-refractivity contribution in [3.63, 3.8) is 0 Å². The number of carbonyl (C=O) groups is 1. The molecule has 1 amide bonds. The highest BCUT2D eigenvalue weighted by Crippen LogP contribution is 2.35. The number of halogens is 3. The number of nitrogens with zero attached hydrogens (tertiary/aromatic N) is 6. The van der Waals surface area contributed by atoms with Crippen LogP contribution in [-0.4, -0.2) is 41.9 Å². The Labute approximate surface area is 164 Å². The standard InChI is InChI=1S/C19H19F3N6O/c1-3-12-7-16(19(20,21)22)28-17(25-12)8-13(26-28)15-5-4-6-27(15)18(29)14-10-23-11(2)9-24-14/h7-10,15H,3-6H2,1-2H3/t15-/m0/s1. The number of carbonyl (C=O) groups excluding carboxylic acids is 1. The van der Waals surface area contributed by atoms with Crippen LogP contribution in [0.1, 0.15) is 59.1 Å². The molecule has 29 heavy (non-hydrogen) atoms. The lowest BCUT2D eigenvalue weighted by Crippen LogP contribution is -2.31. The van der Waals surface area contributed by atoms with Gasteiger partial charge in [0.1, 0.15) is 11.4 Å². The molecule has 0 aliphatic carbocycles. The first-order valence-electron chi connectivity index (χ1n) is 9.34. The minimum absolute atomic E-state index is 0.126. The van der Waals surface area contributed by atoms with Gasteiger partial charge in [0, 0.05) is 24.5 Å². The van der Waals surface area contributed by atoms with Crippen LogP contribution >= 0.6 is 0 Å². The smallest absolute Gasteiger partial charge is 0.329 e. The Balaban J connectivity index is 1.73. The Bertz CT molecular complexity index is 1060. The molecule has 4 rings (SSSR count). The van der Waals surface area contributed by atoms with E-state index in [4.69, 9.17) is 0 Å². The summed E-state index contributed by atoms with van der Waals surface area (Å²) in [7, 11) is 0. The summed E-state index contributed by atoms with van der Waals surface area (Å²) in [4.78, 5) is 27.0. The predicted molar refractivity (Wildman–Crippen MR) is 97.1 cm³/mol. The summed E-state index contributed by atoms with van der Waals surface area (Å²) in [6, 6.07) is 2.12. The van der Waals surface area contributed by atoms with E-state index < -0.39 is 17.9 Å². The fourth-order valence-corrected chi connectivity index (χ4v) is 3.56. The van der Waals surface area contributed by atoms with Gasteiger partial charge in [-0.25, -0.2) is 14.5 Å². The molecular formula is C19H19F3N6O. The molecule has 1 atom stereocenters. The quantitative estimate of drug-likeness (QED) is 0.669. The van der Waals surface area contributed by atoms with Crippen molar-refractivity contribution in [2.24, 2.45) is 0 Å². The van der Waals surface area contributed by atoms with Gasteiger partial charge >= 0.3 is 6.18 Å². The maximum Gasteiger partial charge on any atom is 0.433 e. The van der Waals surface area contributed by atoms with Crippen LogP contribution in [-0.2, 0) is 12.6 Å². The van der Waals surface area contributed by atoms with Gasteiger partial charge in [-0.05, 0) is 32.3 Å². The number of rotatable bonds is 3. The highest BCUT2D eigenvalue weighted by molar-refractivity contribution is 5.92. The lowest BCUT2D eigenvalue weighted by atomic mass is 10.1. The van der Waals surface area contributed by atoms with Crippen molar-refractivity contribution >= 4 is 11.6 Å². The molecule has 0 bridgehead atoms. The summed E-state index contributed by atoms with van der Waals surface area (Å²) in [6.07, 6.45) is 0.0696. The summed E-state index contributed by atoms with van der Waals surface area (Å²) in [6.45, 7) is 4.00. The molecule has 0 radical (unpaired) electrons. The van der Waals surface area contributed by atoms with Crippen molar-refractivity contribution in [1.82, 2.24) is 29.5 Å². The third-order valence-corrected chi connectivity index (χ3v) is 5.01. The Hall–Kier alpha value is -3.04. The fourth-order valence-electron chi connectivity index (χ4n) is 3.56. The molecule has 0 aromatic carbocycles. The first-order chi connectivity index (χ1) is 13.8. The molecule has 0 spiro atoms. The SMILES string of the molecule is CCc1cc(C(F)(F)F)n2nc([C@@H]3CCCN3C(=O)c3cnc(C)cn3)cc2n1. The van der Waals surface area contributed by atoms with E-state index in [2.05, 4.69) is 20.1 Å². The highest BCUT2D eigenvalue weighted by Gasteiger charge is 2.37. The molecule has 1 fully saturated rings. The molecule has 152 valence electrons. The van der Waals surface area contributed by atoms with Gasteiger partial charge in [-0.1, -0.05) is 6.92 Å². The second kappa shape index (κ2) is 7.09. The minimum Gasteiger partial charge on any atom is -0.329 e. The minimum atomic E-state index is -4.56.